The van der Waals surface area contributed by atoms with Crippen molar-refractivity contribution in [2.45, 2.75) is 60.8 Å². The number of nitrogens with zero attached hydrogens (tertiary/aromatic N) is 1. The number of fused-ring (bicyclic) bond motifs is 3. The molecule has 0 saturated heterocycles. The molecular formula is C30H34NO+. The van der Waals surface area contributed by atoms with Crippen LogP contribution >= 0.6 is 0 Å². The third kappa shape index (κ3) is 3.28. The Kier molecular flexibility index (Phi) is 4.64. The fraction of sp³-hybridized carbons (Fsp3) is 0.367. The molecule has 3 aromatic carbocycles. The average molecular weight is 425 g/mol. The Hall–Kier alpha value is -2.87. The van der Waals surface area contributed by atoms with Crippen molar-refractivity contribution in [2.75, 3.05) is 0 Å². The Morgan fingerprint density at radius 1 is 0.906 bits per heavy atom. The van der Waals surface area contributed by atoms with Crippen molar-refractivity contribution < 1.29 is 9.30 Å². The molecule has 1 aliphatic rings. The van der Waals surface area contributed by atoms with Crippen molar-refractivity contribution in [3.63, 3.8) is 0 Å². The lowest BCUT2D eigenvalue weighted by Gasteiger charge is -2.25. The SMILES string of the molecule is Cc1cc2cc(CC(C)(C)C)cc3c2c(c1C)-c1c(cc2cc(C(C)C)ccc2[n+]1C)O3. The van der Waals surface area contributed by atoms with Crippen LogP contribution < -0.4 is 9.30 Å². The van der Waals surface area contributed by atoms with Crippen molar-refractivity contribution in [2.24, 2.45) is 12.5 Å². The predicted molar refractivity (Wildman–Crippen MR) is 135 cm³/mol. The molecule has 0 amide bonds. The van der Waals surface area contributed by atoms with Crippen LogP contribution in [0.3, 0.4) is 0 Å². The first-order chi connectivity index (χ1) is 15.0. The number of ether oxygens (including phenoxy) is 1. The number of benzene rings is 3. The van der Waals surface area contributed by atoms with Crippen molar-refractivity contribution in [3.05, 3.63) is 64.7 Å². The summed E-state index contributed by atoms with van der Waals surface area (Å²) < 4.78 is 8.99. The minimum atomic E-state index is 0.228. The van der Waals surface area contributed by atoms with E-state index in [4.69, 9.17) is 4.74 Å². The minimum absolute atomic E-state index is 0.228. The van der Waals surface area contributed by atoms with Crippen molar-refractivity contribution in [1.82, 2.24) is 0 Å². The van der Waals surface area contributed by atoms with E-state index in [2.05, 4.69) is 103 Å². The first-order valence-corrected chi connectivity index (χ1v) is 11.8. The summed E-state index contributed by atoms with van der Waals surface area (Å²) in [6.07, 6.45) is 1.03. The second kappa shape index (κ2) is 7.07. The van der Waals surface area contributed by atoms with Crippen molar-refractivity contribution >= 4 is 21.7 Å². The van der Waals surface area contributed by atoms with Crippen LogP contribution in [0.15, 0.2) is 42.5 Å². The lowest BCUT2D eigenvalue weighted by atomic mass is 9.85. The summed E-state index contributed by atoms with van der Waals surface area (Å²) in [5, 5.41) is 3.75. The summed E-state index contributed by atoms with van der Waals surface area (Å²) >= 11 is 0. The molecule has 0 aliphatic carbocycles. The minimum Gasteiger partial charge on any atom is -0.450 e. The highest BCUT2D eigenvalue weighted by Gasteiger charge is 2.32. The normalized spacial score (nSPS) is 13.0. The van der Waals surface area contributed by atoms with E-state index in [0.717, 1.165) is 17.9 Å². The van der Waals surface area contributed by atoms with Gasteiger partial charge in [-0.15, -0.1) is 0 Å². The molecule has 32 heavy (non-hydrogen) atoms. The maximum absolute atomic E-state index is 6.67. The van der Waals surface area contributed by atoms with Gasteiger partial charge in [0.2, 0.25) is 5.52 Å². The molecule has 0 radical (unpaired) electrons. The Morgan fingerprint density at radius 2 is 1.66 bits per heavy atom. The average Bonchev–Trinajstić information content (AvgIpc) is 2.69. The number of hydrogen-bond acceptors (Lipinski definition) is 1. The smallest absolute Gasteiger partial charge is 0.256 e. The Morgan fingerprint density at radius 3 is 2.34 bits per heavy atom. The first kappa shape index (κ1) is 21.0. The molecule has 0 N–H and O–H groups in total. The first-order valence-electron chi connectivity index (χ1n) is 11.8. The van der Waals surface area contributed by atoms with Crippen LogP contribution in [-0.2, 0) is 13.5 Å². The summed E-state index contributed by atoms with van der Waals surface area (Å²) in [7, 11) is 2.17. The van der Waals surface area contributed by atoms with E-state index in [0.29, 0.717) is 5.92 Å². The fourth-order valence-corrected chi connectivity index (χ4v) is 5.23. The number of hydrogen-bond donors (Lipinski definition) is 0. The summed E-state index contributed by atoms with van der Waals surface area (Å²) in [6.45, 7) is 15.9. The van der Waals surface area contributed by atoms with Gasteiger partial charge in [-0.3, -0.25) is 0 Å². The topological polar surface area (TPSA) is 13.1 Å². The molecule has 2 heteroatoms. The van der Waals surface area contributed by atoms with Gasteiger partial charge >= 0.3 is 0 Å². The second-order valence-corrected chi connectivity index (χ2v) is 11.1. The standard InChI is InChI=1S/C30H34NO/c1-17(2)21-9-10-24-22(14-21)15-26-29(31(24)8)27-19(4)18(3)11-23-12-20(16-30(5,6)7)13-25(32-26)28(23)27/h9-15,17H,16H2,1-8H3/q+1. The van der Waals surface area contributed by atoms with Gasteiger partial charge in [0.15, 0.2) is 5.75 Å². The maximum Gasteiger partial charge on any atom is 0.256 e. The van der Waals surface area contributed by atoms with E-state index in [9.17, 15) is 0 Å². The van der Waals surface area contributed by atoms with Crippen LogP contribution in [0.4, 0.5) is 0 Å². The van der Waals surface area contributed by atoms with Crippen LogP contribution in [0.5, 0.6) is 11.5 Å². The fourth-order valence-electron chi connectivity index (χ4n) is 5.23. The zero-order valence-electron chi connectivity index (χ0n) is 20.7. The lowest BCUT2D eigenvalue weighted by molar-refractivity contribution is -0.633. The van der Waals surface area contributed by atoms with E-state index >= 15 is 0 Å². The van der Waals surface area contributed by atoms with Gasteiger partial charge in [-0.25, -0.2) is 0 Å². The predicted octanol–water partition coefficient (Wildman–Crippen LogP) is 7.92. The molecule has 2 nitrogen and oxygen atoms in total. The molecule has 0 bridgehead atoms. The van der Waals surface area contributed by atoms with Gasteiger partial charge in [0.25, 0.3) is 5.69 Å². The number of pyridine rings is 1. The van der Waals surface area contributed by atoms with E-state index in [1.807, 2.05) is 0 Å². The summed E-state index contributed by atoms with van der Waals surface area (Å²) in [5.41, 5.74) is 9.31. The Labute approximate surface area is 191 Å². The number of rotatable bonds is 2. The molecular weight excluding hydrogens is 390 g/mol. The highest BCUT2D eigenvalue weighted by molar-refractivity contribution is 6.05. The molecule has 164 valence electrons. The summed E-state index contributed by atoms with van der Waals surface area (Å²) in [5.74, 6) is 2.45. The monoisotopic (exact) mass is 424 g/mol. The third-order valence-corrected chi connectivity index (χ3v) is 6.91. The van der Waals surface area contributed by atoms with Crippen molar-refractivity contribution in [3.8, 4) is 22.8 Å². The van der Waals surface area contributed by atoms with Crippen LogP contribution in [0.25, 0.3) is 32.9 Å². The zero-order chi connectivity index (χ0) is 22.9. The van der Waals surface area contributed by atoms with Crippen LogP contribution in [0, 0.1) is 19.3 Å². The van der Waals surface area contributed by atoms with Crippen molar-refractivity contribution in [1.29, 1.82) is 0 Å². The van der Waals surface area contributed by atoms with Gasteiger partial charge in [-0.1, -0.05) is 52.8 Å². The molecule has 2 heterocycles. The molecule has 0 spiro atoms. The molecule has 0 unspecified atom stereocenters. The molecule has 1 aromatic heterocycles. The largest absolute Gasteiger partial charge is 0.450 e. The molecule has 0 saturated carbocycles. The number of aryl methyl sites for hydroxylation is 2. The van der Waals surface area contributed by atoms with Gasteiger partial charge in [0, 0.05) is 17.5 Å². The molecule has 0 atom stereocenters. The van der Waals surface area contributed by atoms with E-state index in [-0.39, 0.29) is 5.41 Å². The molecule has 1 aliphatic heterocycles. The molecule has 4 aromatic rings. The molecule has 5 rings (SSSR count). The van der Waals surface area contributed by atoms with Gasteiger partial charge < -0.3 is 4.74 Å². The number of aromatic nitrogens is 1. The summed E-state index contributed by atoms with van der Waals surface area (Å²) in [6, 6.07) is 16.0. The quantitative estimate of drug-likeness (QED) is 0.262. The summed E-state index contributed by atoms with van der Waals surface area (Å²) in [4.78, 5) is 0. The zero-order valence-corrected chi connectivity index (χ0v) is 20.7. The van der Waals surface area contributed by atoms with Gasteiger partial charge in [0.05, 0.1) is 10.9 Å². The lowest BCUT2D eigenvalue weighted by Crippen LogP contribution is -2.33. The van der Waals surface area contributed by atoms with Gasteiger partial charge in [0.1, 0.15) is 12.8 Å². The maximum atomic E-state index is 6.67. The van der Waals surface area contributed by atoms with E-state index in [1.165, 1.54) is 55.2 Å². The van der Waals surface area contributed by atoms with Gasteiger partial charge in [-0.2, -0.15) is 4.57 Å². The Bertz CT molecular complexity index is 1400. The van der Waals surface area contributed by atoms with Crippen LogP contribution in [0.1, 0.15) is 62.8 Å². The van der Waals surface area contributed by atoms with Gasteiger partial charge in [-0.05, 0) is 71.4 Å². The molecule has 0 fully saturated rings. The highest BCUT2D eigenvalue weighted by atomic mass is 16.5. The second-order valence-electron chi connectivity index (χ2n) is 11.1. The third-order valence-electron chi connectivity index (χ3n) is 6.91. The van der Waals surface area contributed by atoms with E-state index < -0.39 is 0 Å². The highest BCUT2D eigenvalue weighted by Crippen LogP contribution is 2.48. The Balaban J connectivity index is 1.84. The van der Waals surface area contributed by atoms with Crippen LogP contribution in [-0.4, -0.2) is 0 Å². The van der Waals surface area contributed by atoms with E-state index in [1.54, 1.807) is 0 Å². The van der Waals surface area contributed by atoms with Crippen LogP contribution in [0.2, 0.25) is 0 Å².